The van der Waals surface area contributed by atoms with E-state index in [4.69, 9.17) is 17.0 Å². The summed E-state index contributed by atoms with van der Waals surface area (Å²) in [5.41, 5.74) is 2.52. The fourth-order valence-corrected chi connectivity index (χ4v) is 3.91. The van der Waals surface area contributed by atoms with Gasteiger partial charge < -0.3 is 15.1 Å². The number of hydrogen-bond donors (Lipinski definition) is 3. The van der Waals surface area contributed by atoms with Gasteiger partial charge in [0.1, 0.15) is 22.4 Å². The number of phenols is 1. The Bertz CT molecular complexity index is 1030. The molecule has 5 nitrogen and oxygen atoms in total. The molecule has 130 valence electrons. The minimum Gasteiger partial charge on any atom is -0.510 e. The Morgan fingerprint density at radius 2 is 1.88 bits per heavy atom. The molecule has 7 heteroatoms. The van der Waals surface area contributed by atoms with Gasteiger partial charge in [-0.1, -0.05) is 41.9 Å². The summed E-state index contributed by atoms with van der Waals surface area (Å²) in [5.74, 6) is 0.120. The molecule has 3 N–H and O–H groups in total. The maximum atomic E-state index is 10.4. The van der Waals surface area contributed by atoms with Crippen LogP contribution in [0, 0.1) is 5.41 Å². The number of halogens is 1. The largest absolute Gasteiger partial charge is 0.510 e. The Balaban J connectivity index is 1.68. The molecule has 0 aliphatic carbocycles. The summed E-state index contributed by atoms with van der Waals surface area (Å²) in [4.78, 5) is 6.09. The van der Waals surface area contributed by atoms with Crippen LogP contribution in [0.5, 0.6) is 5.75 Å². The van der Waals surface area contributed by atoms with Crippen LogP contribution in [0.3, 0.4) is 0 Å². The summed E-state index contributed by atoms with van der Waals surface area (Å²) in [6.45, 7) is 0.0856. The van der Waals surface area contributed by atoms with Crippen LogP contribution in [0.4, 0.5) is 5.69 Å². The molecule has 0 radical (unpaired) electrons. The van der Waals surface area contributed by atoms with Gasteiger partial charge >= 0.3 is 0 Å². The van der Waals surface area contributed by atoms with Crippen molar-refractivity contribution in [2.24, 2.45) is 0 Å². The van der Waals surface area contributed by atoms with Crippen molar-refractivity contribution in [3.63, 3.8) is 0 Å². The number of phenolic OH excluding ortho intramolecular Hbond substituents is 1. The molecule has 0 fully saturated rings. The average Bonchev–Trinajstić information content (AvgIpc) is 3.22. The van der Waals surface area contributed by atoms with E-state index in [1.54, 1.807) is 12.1 Å². The van der Waals surface area contributed by atoms with E-state index in [9.17, 15) is 10.2 Å². The standard InChI is InChI=1S/C19H14ClN3O2S/c20-12-6-7-15(24)14(8-12)23-9-16(25)17(18(23)21)19-22-13(10-26-19)11-4-2-1-3-5-11/h1-8,10,21,24-25H,9H2. The van der Waals surface area contributed by atoms with Gasteiger partial charge in [0.2, 0.25) is 0 Å². The molecule has 1 aliphatic rings. The smallest absolute Gasteiger partial charge is 0.139 e. The van der Waals surface area contributed by atoms with Gasteiger partial charge in [0.25, 0.3) is 0 Å². The number of aromatic nitrogens is 1. The molecule has 0 saturated heterocycles. The van der Waals surface area contributed by atoms with Gasteiger partial charge in [-0.15, -0.1) is 11.3 Å². The second-order valence-electron chi connectivity index (χ2n) is 5.79. The Hall–Kier alpha value is -2.83. The fraction of sp³-hybridized carbons (Fsp3) is 0.0526. The van der Waals surface area contributed by atoms with Crippen molar-refractivity contribution in [1.82, 2.24) is 4.98 Å². The minimum atomic E-state index is -0.00249. The molecule has 0 unspecified atom stereocenters. The van der Waals surface area contributed by atoms with Gasteiger partial charge in [0.05, 0.1) is 23.5 Å². The molecule has 3 aromatic rings. The molecule has 1 aliphatic heterocycles. The number of aromatic hydroxyl groups is 1. The molecule has 4 rings (SSSR count). The molecule has 0 spiro atoms. The monoisotopic (exact) mass is 383 g/mol. The van der Waals surface area contributed by atoms with Crippen molar-refractivity contribution >= 4 is 40.0 Å². The lowest BCUT2D eigenvalue weighted by molar-refractivity contribution is 0.411. The number of rotatable bonds is 3. The highest BCUT2D eigenvalue weighted by atomic mass is 35.5. The van der Waals surface area contributed by atoms with E-state index in [1.807, 2.05) is 35.7 Å². The third-order valence-corrected chi connectivity index (χ3v) is 5.21. The molecule has 0 atom stereocenters. The van der Waals surface area contributed by atoms with Crippen LogP contribution in [0.25, 0.3) is 16.8 Å². The summed E-state index contributed by atoms with van der Waals surface area (Å²) < 4.78 is 0. The van der Waals surface area contributed by atoms with Crippen LogP contribution in [-0.2, 0) is 0 Å². The first-order chi connectivity index (χ1) is 12.5. The normalized spacial score (nSPS) is 14.3. The van der Waals surface area contributed by atoms with Crippen LogP contribution >= 0.6 is 22.9 Å². The van der Waals surface area contributed by atoms with E-state index >= 15 is 0 Å². The Kier molecular flexibility index (Phi) is 4.14. The van der Waals surface area contributed by atoms with E-state index in [1.165, 1.54) is 22.3 Å². The summed E-state index contributed by atoms with van der Waals surface area (Å²) in [7, 11) is 0. The molecular weight excluding hydrogens is 370 g/mol. The predicted octanol–water partition coefficient (Wildman–Crippen LogP) is 4.94. The zero-order chi connectivity index (χ0) is 18.3. The first-order valence-electron chi connectivity index (χ1n) is 7.83. The van der Waals surface area contributed by atoms with Crippen molar-refractivity contribution < 1.29 is 10.2 Å². The maximum Gasteiger partial charge on any atom is 0.139 e. The van der Waals surface area contributed by atoms with E-state index < -0.39 is 0 Å². The van der Waals surface area contributed by atoms with Crippen molar-refractivity contribution in [3.8, 4) is 17.0 Å². The fourth-order valence-electron chi connectivity index (χ4n) is 2.85. The molecule has 26 heavy (non-hydrogen) atoms. The van der Waals surface area contributed by atoms with Crippen LogP contribution in [-0.4, -0.2) is 27.6 Å². The highest BCUT2D eigenvalue weighted by molar-refractivity contribution is 7.11. The van der Waals surface area contributed by atoms with E-state index in [2.05, 4.69) is 4.98 Å². The zero-order valence-corrected chi connectivity index (χ0v) is 15.1. The number of nitrogens with zero attached hydrogens (tertiary/aromatic N) is 2. The summed E-state index contributed by atoms with van der Waals surface area (Å²) in [6, 6.07) is 14.3. The van der Waals surface area contributed by atoms with E-state index in [0.29, 0.717) is 21.3 Å². The summed E-state index contributed by atoms with van der Waals surface area (Å²) in [5, 5.41) is 31.9. The lowest BCUT2D eigenvalue weighted by Crippen LogP contribution is -2.26. The number of aliphatic hydroxyl groups excluding tert-OH is 1. The molecule has 0 saturated carbocycles. The summed E-state index contributed by atoms with van der Waals surface area (Å²) >= 11 is 7.38. The third-order valence-electron chi connectivity index (χ3n) is 4.12. The second kappa shape index (κ2) is 6.48. The first kappa shape index (κ1) is 16.6. The van der Waals surface area contributed by atoms with Crippen molar-refractivity contribution in [1.29, 1.82) is 5.41 Å². The van der Waals surface area contributed by atoms with Gasteiger partial charge in [-0.25, -0.2) is 4.98 Å². The first-order valence-corrected chi connectivity index (χ1v) is 9.09. The minimum absolute atomic E-state index is 0.00249. The van der Waals surface area contributed by atoms with Gasteiger partial charge in [0.15, 0.2) is 0 Å². The SMILES string of the molecule is N=C1C(c2nc(-c3ccccc3)cs2)=C(O)CN1c1cc(Cl)ccc1O. The molecule has 0 bridgehead atoms. The topological polar surface area (TPSA) is 80.4 Å². The van der Waals surface area contributed by atoms with Crippen molar-refractivity contribution in [3.05, 3.63) is 69.7 Å². The van der Waals surface area contributed by atoms with Crippen molar-refractivity contribution in [2.45, 2.75) is 0 Å². The highest BCUT2D eigenvalue weighted by Crippen LogP contribution is 2.38. The Morgan fingerprint density at radius 3 is 2.65 bits per heavy atom. The zero-order valence-electron chi connectivity index (χ0n) is 13.5. The molecule has 2 heterocycles. The lowest BCUT2D eigenvalue weighted by atomic mass is 10.2. The van der Waals surface area contributed by atoms with E-state index in [-0.39, 0.29) is 23.9 Å². The average molecular weight is 384 g/mol. The summed E-state index contributed by atoms with van der Waals surface area (Å²) in [6.07, 6.45) is 0. The van der Waals surface area contributed by atoms with Gasteiger partial charge in [-0.2, -0.15) is 0 Å². The Morgan fingerprint density at radius 1 is 1.12 bits per heavy atom. The lowest BCUT2D eigenvalue weighted by Gasteiger charge is -2.19. The third kappa shape index (κ3) is 2.83. The number of benzene rings is 2. The van der Waals surface area contributed by atoms with Crippen LogP contribution in [0.15, 0.2) is 59.7 Å². The predicted molar refractivity (Wildman–Crippen MR) is 105 cm³/mol. The van der Waals surface area contributed by atoms with Crippen LogP contribution in [0.1, 0.15) is 5.01 Å². The number of thiazole rings is 1. The van der Waals surface area contributed by atoms with Crippen molar-refractivity contribution in [2.75, 3.05) is 11.4 Å². The number of nitrogens with one attached hydrogen (secondary N) is 1. The molecule has 2 aromatic carbocycles. The second-order valence-corrected chi connectivity index (χ2v) is 7.09. The quantitative estimate of drug-likeness (QED) is 0.598. The van der Waals surface area contributed by atoms with Crippen LogP contribution < -0.4 is 4.90 Å². The van der Waals surface area contributed by atoms with Gasteiger partial charge in [-0.05, 0) is 18.2 Å². The van der Waals surface area contributed by atoms with Gasteiger partial charge in [0, 0.05) is 16.0 Å². The van der Waals surface area contributed by atoms with E-state index in [0.717, 1.165) is 11.3 Å². The number of hydrogen-bond acceptors (Lipinski definition) is 5. The van der Waals surface area contributed by atoms with Gasteiger partial charge in [-0.3, -0.25) is 5.41 Å². The molecular formula is C19H14ClN3O2S. The molecule has 1 aromatic heterocycles. The number of amidine groups is 1. The highest BCUT2D eigenvalue weighted by Gasteiger charge is 2.32. The number of aliphatic hydroxyl groups is 1. The number of anilines is 1. The van der Waals surface area contributed by atoms with Crippen LogP contribution in [0.2, 0.25) is 5.02 Å². The Labute approximate surface area is 159 Å². The molecule has 0 amide bonds. The maximum absolute atomic E-state index is 10.4.